The average Bonchev–Trinajstić information content (AvgIpc) is 2.73. The summed E-state index contributed by atoms with van der Waals surface area (Å²) >= 11 is 0. The first kappa shape index (κ1) is 14.0. The zero-order valence-corrected chi connectivity index (χ0v) is 12.4. The third-order valence-electron chi connectivity index (χ3n) is 4.17. The van der Waals surface area contributed by atoms with Crippen molar-refractivity contribution < 1.29 is 4.79 Å². The van der Waals surface area contributed by atoms with Gasteiger partial charge >= 0.3 is 0 Å². The molecule has 1 aromatic carbocycles. The molecule has 1 fully saturated rings. The van der Waals surface area contributed by atoms with Crippen molar-refractivity contribution in [3.63, 3.8) is 0 Å². The van der Waals surface area contributed by atoms with Crippen LogP contribution in [0.25, 0.3) is 10.8 Å². The number of pyridine rings is 1. The molecule has 1 atom stereocenters. The van der Waals surface area contributed by atoms with Gasteiger partial charge in [0.25, 0.3) is 0 Å². The number of carbonyl (C=O) groups excluding carboxylic acids is 1. The third-order valence-corrected chi connectivity index (χ3v) is 4.17. The Hall–Kier alpha value is -1.94. The zero-order chi connectivity index (χ0) is 14.7. The third kappa shape index (κ3) is 3.22. The molecule has 1 N–H and O–H groups in total. The van der Waals surface area contributed by atoms with Crippen molar-refractivity contribution in [1.82, 2.24) is 15.2 Å². The summed E-state index contributed by atoms with van der Waals surface area (Å²) in [5.74, 6) is 0.601. The van der Waals surface area contributed by atoms with Crippen molar-refractivity contribution in [2.45, 2.75) is 13.3 Å². The van der Waals surface area contributed by atoms with Gasteiger partial charge in [0.15, 0.2) is 0 Å². The van der Waals surface area contributed by atoms with E-state index in [9.17, 15) is 4.79 Å². The molecule has 110 valence electrons. The van der Waals surface area contributed by atoms with E-state index in [0.29, 0.717) is 5.92 Å². The molecule has 0 spiro atoms. The largest absolute Gasteiger partial charge is 0.341 e. The normalized spacial score (nSPS) is 19.5. The van der Waals surface area contributed by atoms with E-state index in [0.717, 1.165) is 32.6 Å². The number of carbonyl (C=O) groups is 1. The predicted octanol–water partition coefficient (Wildman–Crippen LogP) is 1.85. The molecular weight excluding hydrogens is 262 g/mol. The van der Waals surface area contributed by atoms with Gasteiger partial charge in [-0.25, -0.2) is 0 Å². The quantitative estimate of drug-likeness (QED) is 0.915. The number of rotatable bonds is 2. The zero-order valence-electron chi connectivity index (χ0n) is 12.4. The van der Waals surface area contributed by atoms with Crippen LogP contribution in [0.1, 0.15) is 12.5 Å². The molecule has 1 aliphatic heterocycles. The summed E-state index contributed by atoms with van der Waals surface area (Å²) in [6, 6.07) is 8.36. The molecule has 21 heavy (non-hydrogen) atoms. The molecule has 1 unspecified atom stereocenters. The maximum atomic E-state index is 11.6. The van der Waals surface area contributed by atoms with E-state index >= 15 is 0 Å². The van der Waals surface area contributed by atoms with E-state index in [4.69, 9.17) is 0 Å². The molecule has 2 heterocycles. The Bertz CT molecular complexity index is 635. The topological polar surface area (TPSA) is 45.2 Å². The van der Waals surface area contributed by atoms with Crippen LogP contribution in [0.5, 0.6) is 0 Å². The number of hydrogen-bond acceptors (Lipinski definition) is 3. The predicted molar refractivity (Wildman–Crippen MR) is 84.1 cm³/mol. The van der Waals surface area contributed by atoms with Gasteiger partial charge in [-0.05, 0) is 23.3 Å². The highest BCUT2D eigenvalue weighted by molar-refractivity contribution is 5.84. The summed E-state index contributed by atoms with van der Waals surface area (Å²) in [4.78, 5) is 18.0. The molecule has 2 aromatic rings. The molecule has 0 bridgehead atoms. The van der Waals surface area contributed by atoms with Crippen LogP contribution < -0.4 is 5.32 Å². The lowest BCUT2D eigenvalue weighted by molar-refractivity contribution is -0.129. The van der Waals surface area contributed by atoms with Crippen molar-refractivity contribution >= 4 is 16.7 Å². The second-order valence-electron chi connectivity index (χ2n) is 5.76. The summed E-state index contributed by atoms with van der Waals surface area (Å²) < 4.78 is 0. The molecule has 1 saturated heterocycles. The molecule has 0 aliphatic carbocycles. The van der Waals surface area contributed by atoms with E-state index in [-0.39, 0.29) is 5.91 Å². The highest BCUT2D eigenvalue weighted by Crippen LogP contribution is 2.21. The molecule has 3 rings (SSSR count). The van der Waals surface area contributed by atoms with Crippen LogP contribution in [0.2, 0.25) is 0 Å². The highest BCUT2D eigenvalue weighted by atomic mass is 16.2. The summed E-state index contributed by atoms with van der Waals surface area (Å²) in [5.41, 5.74) is 1.27. The lowest BCUT2D eigenvalue weighted by Gasteiger charge is -2.23. The fourth-order valence-corrected chi connectivity index (χ4v) is 3.06. The van der Waals surface area contributed by atoms with E-state index in [1.807, 2.05) is 23.4 Å². The van der Waals surface area contributed by atoms with E-state index < -0.39 is 0 Å². The molecule has 0 saturated carbocycles. The number of nitrogens with one attached hydrogen (secondary N) is 1. The van der Waals surface area contributed by atoms with Crippen LogP contribution in [0, 0.1) is 5.92 Å². The van der Waals surface area contributed by atoms with Gasteiger partial charge < -0.3 is 10.2 Å². The molecule has 4 heteroatoms. The number of aromatic nitrogens is 1. The molecule has 1 aliphatic rings. The fourth-order valence-electron chi connectivity index (χ4n) is 3.06. The Morgan fingerprint density at radius 1 is 1.38 bits per heavy atom. The van der Waals surface area contributed by atoms with Gasteiger partial charge in [-0.3, -0.25) is 9.78 Å². The number of fused-ring (bicyclic) bond motifs is 1. The van der Waals surface area contributed by atoms with Gasteiger partial charge in [0, 0.05) is 50.9 Å². The lowest BCUT2D eigenvalue weighted by atomic mass is 9.96. The molecule has 1 aromatic heterocycles. The number of amides is 1. The first-order valence-corrected chi connectivity index (χ1v) is 7.52. The summed E-state index contributed by atoms with van der Waals surface area (Å²) in [5, 5.41) is 5.89. The van der Waals surface area contributed by atoms with Crippen LogP contribution in [0.15, 0.2) is 36.7 Å². The van der Waals surface area contributed by atoms with E-state index in [1.165, 1.54) is 16.3 Å². The average molecular weight is 283 g/mol. The van der Waals surface area contributed by atoms with E-state index in [2.05, 4.69) is 28.5 Å². The first-order valence-electron chi connectivity index (χ1n) is 7.52. The van der Waals surface area contributed by atoms with Crippen LogP contribution in [0.4, 0.5) is 0 Å². The van der Waals surface area contributed by atoms with Crippen LogP contribution in [-0.2, 0) is 11.2 Å². The minimum absolute atomic E-state index is 0.166. The van der Waals surface area contributed by atoms with Crippen molar-refractivity contribution in [2.75, 3.05) is 26.2 Å². The first-order chi connectivity index (χ1) is 10.2. The minimum atomic E-state index is 0.166. The second kappa shape index (κ2) is 6.22. The number of benzene rings is 1. The monoisotopic (exact) mass is 283 g/mol. The molecule has 4 nitrogen and oxygen atoms in total. The fraction of sp³-hybridized carbons (Fsp3) is 0.412. The standard InChI is InChI=1S/C17H21N3O/c1-13(21)20-7-6-18-9-14(12-20)8-16-11-19-10-15-4-2-3-5-17(15)16/h2-5,10-11,14,18H,6-9,12H2,1H3. The Labute approximate surface area is 125 Å². The Balaban J connectivity index is 1.82. The maximum absolute atomic E-state index is 11.6. The van der Waals surface area contributed by atoms with Gasteiger partial charge in [-0.2, -0.15) is 0 Å². The molecular formula is C17H21N3O. The SMILES string of the molecule is CC(=O)N1CCNCC(Cc2cncc3ccccc23)C1. The maximum Gasteiger partial charge on any atom is 0.219 e. The number of nitrogens with zero attached hydrogens (tertiary/aromatic N) is 2. The Morgan fingerprint density at radius 3 is 3.10 bits per heavy atom. The van der Waals surface area contributed by atoms with E-state index in [1.54, 1.807) is 6.92 Å². The van der Waals surface area contributed by atoms with Crippen molar-refractivity contribution in [1.29, 1.82) is 0 Å². The lowest BCUT2D eigenvalue weighted by Crippen LogP contribution is -2.34. The minimum Gasteiger partial charge on any atom is -0.341 e. The Morgan fingerprint density at radius 2 is 2.24 bits per heavy atom. The summed E-state index contributed by atoms with van der Waals surface area (Å²) in [7, 11) is 0. The molecule has 0 radical (unpaired) electrons. The van der Waals surface area contributed by atoms with Crippen LogP contribution >= 0.6 is 0 Å². The van der Waals surface area contributed by atoms with Gasteiger partial charge in [0.05, 0.1) is 0 Å². The summed E-state index contributed by atoms with van der Waals surface area (Å²) in [6.45, 7) is 5.11. The van der Waals surface area contributed by atoms with Gasteiger partial charge in [-0.15, -0.1) is 0 Å². The van der Waals surface area contributed by atoms with Crippen LogP contribution in [-0.4, -0.2) is 42.0 Å². The summed E-state index contributed by atoms with van der Waals surface area (Å²) in [6.07, 6.45) is 4.82. The second-order valence-corrected chi connectivity index (χ2v) is 5.76. The van der Waals surface area contributed by atoms with Crippen molar-refractivity contribution in [3.05, 3.63) is 42.2 Å². The highest BCUT2D eigenvalue weighted by Gasteiger charge is 2.20. The van der Waals surface area contributed by atoms with Crippen LogP contribution in [0.3, 0.4) is 0 Å². The van der Waals surface area contributed by atoms with Crippen molar-refractivity contribution in [3.8, 4) is 0 Å². The van der Waals surface area contributed by atoms with Crippen molar-refractivity contribution in [2.24, 2.45) is 5.92 Å². The smallest absolute Gasteiger partial charge is 0.219 e. The van der Waals surface area contributed by atoms with Gasteiger partial charge in [0.1, 0.15) is 0 Å². The van der Waals surface area contributed by atoms with Gasteiger partial charge in [-0.1, -0.05) is 24.3 Å². The number of hydrogen-bond donors (Lipinski definition) is 1. The Kier molecular flexibility index (Phi) is 4.15. The molecule has 1 amide bonds. The van der Waals surface area contributed by atoms with Gasteiger partial charge in [0.2, 0.25) is 5.91 Å².